The number of anilines is 1. The number of aryl methyl sites for hydroxylation is 1. The zero-order valence-corrected chi connectivity index (χ0v) is 10.1. The van der Waals surface area contributed by atoms with Crippen LogP contribution in [-0.2, 0) is 0 Å². The van der Waals surface area contributed by atoms with E-state index in [1.165, 1.54) is 42.7 Å². The average molecular weight is 203 g/mol. The van der Waals surface area contributed by atoms with Gasteiger partial charge in [0.15, 0.2) is 0 Å². The van der Waals surface area contributed by atoms with E-state index in [1.807, 2.05) is 0 Å². The van der Waals surface area contributed by atoms with E-state index in [1.54, 1.807) is 0 Å². The van der Waals surface area contributed by atoms with Crippen LogP contribution in [-0.4, -0.2) is 13.1 Å². The molecule has 82 valence electrons. The Morgan fingerprint density at radius 2 is 1.80 bits per heavy atom. The van der Waals surface area contributed by atoms with Crippen LogP contribution in [0.1, 0.15) is 43.7 Å². The van der Waals surface area contributed by atoms with E-state index in [9.17, 15) is 0 Å². The smallest absolute Gasteiger partial charge is 0.0401 e. The molecule has 0 aliphatic carbocycles. The standard InChI is InChI=1S/C14H21N/c1-11(2)13-10-12(3)6-7-14(13)15-8-4-5-9-15/h6-7,10-11H,4-5,8-9H2,1-3H3. The number of rotatable bonds is 2. The van der Waals surface area contributed by atoms with Crippen molar-refractivity contribution in [2.24, 2.45) is 0 Å². The van der Waals surface area contributed by atoms with Crippen molar-refractivity contribution in [3.8, 4) is 0 Å². The number of nitrogens with zero attached hydrogens (tertiary/aromatic N) is 1. The fourth-order valence-electron chi connectivity index (χ4n) is 2.38. The summed E-state index contributed by atoms with van der Waals surface area (Å²) in [6, 6.07) is 6.88. The van der Waals surface area contributed by atoms with Gasteiger partial charge in [-0.05, 0) is 37.3 Å². The van der Waals surface area contributed by atoms with Gasteiger partial charge in [0.2, 0.25) is 0 Å². The summed E-state index contributed by atoms with van der Waals surface area (Å²) in [5.41, 5.74) is 4.35. The van der Waals surface area contributed by atoms with E-state index >= 15 is 0 Å². The molecule has 1 aliphatic rings. The van der Waals surface area contributed by atoms with Crippen LogP contribution >= 0.6 is 0 Å². The average Bonchev–Trinajstić information content (AvgIpc) is 2.70. The lowest BCUT2D eigenvalue weighted by molar-refractivity contribution is 0.844. The fourth-order valence-corrected chi connectivity index (χ4v) is 2.38. The Morgan fingerprint density at radius 3 is 2.40 bits per heavy atom. The molecule has 0 radical (unpaired) electrons. The molecule has 0 amide bonds. The molecule has 1 saturated heterocycles. The molecular formula is C14H21N. The highest BCUT2D eigenvalue weighted by Crippen LogP contribution is 2.30. The molecule has 1 aliphatic heterocycles. The molecular weight excluding hydrogens is 182 g/mol. The molecule has 0 spiro atoms. The van der Waals surface area contributed by atoms with Gasteiger partial charge in [0.25, 0.3) is 0 Å². The van der Waals surface area contributed by atoms with E-state index in [0.29, 0.717) is 5.92 Å². The van der Waals surface area contributed by atoms with Crippen molar-refractivity contribution < 1.29 is 0 Å². The third-order valence-corrected chi connectivity index (χ3v) is 3.25. The van der Waals surface area contributed by atoms with Crippen LogP contribution in [0.4, 0.5) is 5.69 Å². The van der Waals surface area contributed by atoms with E-state index < -0.39 is 0 Å². The summed E-state index contributed by atoms with van der Waals surface area (Å²) >= 11 is 0. The molecule has 1 aromatic rings. The van der Waals surface area contributed by atoms with E-state index in [4.69, 9.17) is 0 Å². The predicted octanol–water partition coefficient (Wildman–Crippen LogP) is 3.72. The zero-order chi connectivity index (χ0) is 10.8. The van der Waals surface area contributed by atoms with Gasteiger partial charge in [0.05, 0.1) is 0 Å². The van der Waals surface area contributed by atoms with Crippen molar-refractivity contribution >= 4 is 5.69 Å². The molecule has 2 rings (SSSR count). The number of benzene rings is 1. The Bertz CT molecular complexity index is 335. The first kappa shape index (κ1) is 10.5. The van der Waals surface area contributed by atoms with Crippen LogP contribution in [0.3, 0.4) is 0 Å². The van der Waals surface area contributed by atoms with Crippen molar-refractivity contribution in [2.75, 3.05) is 18.0 Å². The Balaban J connectivity index is 2.36. The first-order chi connectivity index (χ1) is 7.18. The second-order valence-electron chi connectivity index (χ2n) is 4.91. The highest BCUT2D eigenvalue weighted by atomic mass is 15.1. The third-order valence-electron chi connectivity index (χ3n) is 3.25. The Kier molecular flexibility index (Phi) is 2.99. The monoisotopic (exact) mass is 203 g/mol. The maximum atomic E-state index is 2.54. The van der Waals surface area contributed by atoms with Crippen LogP contribution in [0, 0.1) is 6.92 Å². The number of hydrogen-bond acceptors (Lipinski definition) is 1. The zero-order valence-electron chi connectivity index (χ0n) is 10.1. The quantitative estimate of drug-likeness (QED) is 0.708. The van der Waals surface area contributed by atoms with Gasteiger partial charge in [-0.15, -0.1) is 0 Å². The molecule has 1 heteroatoms. The molecule has 0 N–H and O–H groups in total. The van der Waals surface area contributed by atoms with Crippen LogP contribution < -0.4 is 4.90 Å². The van der Waals surface area contributed by atoms with Gasteiger partial charge in [-0.1, -0.05) is 31.5 Å². The molecule has 1 fully saturated rings. The van der Waals surface area contributed by atoms with E-state index in [-0.39, 0.29) is 0 Å². The van der Waals surface area contributed by atoms with Crippen molar-refractivity contribution in [2.45, 2.75) is 39.5 Å². The summed E-state index contributed by atoms with van der Waals surface area (Å²) in [4.78, 5) is 2.54. The number of hydrogen-bond donors (Lipinski definition) is 0. The van der Waals surface area contributed by atoms with Crippen LogP contribution in [0.5, 0.6) is 0 Å². The topological polar surface area (TPSA) is 3.24 Å². The van der Waals surface area contributed by atoms with Crippen LogP contribution in [0.15, 0.2) is 18.2 Å². The Morgan fingerprint density at radius 1 is 1.13 bits per heavy atom. The van der Waals surface area contributed by atoms with Gasteiger partial charge in [0.1, 0.15) is 0 Å². The Hall–Kier alpha value is -0.980. The van der Waals surface area contributed by atoms with Gasteiger partial charge >= 0.3 is 0 Å². The van der Waals surface area contributed by atoms with Crippen molar-refractivity contribution in [1.29, 1.82) is 0 Å². The van der Waals surface area contributed by atoms with E-state index in [0.717, 1.165) is 0 Å². The molecule has 1 nitrogen and oxygen atoms in total. The lowest BCUT2D eigenvalue weighted by atomic mass is 9.98. The van der Waals surface area contributed by atoms with Gasteiger partial charge in [-0.3, -0.25) is 0 Å². The largest absolute Gasteiger partial charge is 0.371 e. The molecule has 0 saturated carbocycles. The van der Waals surface area contributed by atoms with E-state index in [2.05, 4.69) is 43.9 Å². The minimum atomic E-state index is 0.625. The molecule has 1 heterocycles. The molecule has 0 atom stereocenters. The van der Waals surface area contributed by atoms with Crippen molar-refractivity contribution in [3.05, 3.63) is 29.3 Å². The second kappa shape index (κ2) is 4.26. The van der Waals surface area contributed by atoms with Gasteiger partial charge in [-0.25, -0.2) is 0 Å². The first-order valence-corrected chi connectivity index (χ1v) is 6.04. The molecule has 0 bridgehead atoms. The summed E-state index contributed by atoms with van der Waals surface area (Å²) in [6.07, 6.45) is 2.71. The lowest BCUT2D eigenvalue weighted by Gasteiger charge is -2.23. The van der Waals surface area contributed by atoms with Gasteiger partial charge < -0.3 is 4.90 Å². The first-order valence-electron chi connectivity index (χ1n) is 6.04. The predicted molar refractivity (Wildman–Crippen MR) is 66.7 cm³/mol. The Labute approximate surface area is 93.1 Å². The maximum absolute atomic E-state index is 2.54. The highest BCUT2D eigenvalue weighted by Gasteiger charge is 2.16. The van der Waals surface area contributed by atoms with Crippen molar-refractivity contribution in [1.82, 2.24) is 0 Å². The minimum absolute atomic E-state index is 0.625. The second-order valence-corrected chi connectivity index (χ2v) is 4.91. The summed E-state index contributed by atoms with van der Waals surface area (Å²) in [5, 5.41) is 0. The summed E-state index contributed by atoms with van der Waals surface area (Å²) < 4.78 is 0. The van der Waals surface area contributed by atoms with Crippen LogP contribution in [0.25, 0.3) is 0 Å². The van der Waals surface area contributed by atoms with Gasteiger partial charge in [-0.2, -0.15) is 0 Å². The summed E-state index contributed by atoms with van der Waals surface area (Å²) in [6.45, 7) is 9.23. The summed E-state index contributed by atoms with van der Waals surface area (Å²) in [5.74, 6) is 0.625. The normalized spacial score (nSPS) is 16.4. The van der Waals surface area contributed by atoms with Crippen molar-refractivity contribution in [3.63, 3.8) is 0 Å². The third kappa shape index (κ3) is 2.17. The molecule has 0 unspecified atom stereocenters. The molecule has 0 aromatic heterocycles. The summed E-state index contributed by atoms with van der Waals surface area (Å²) in [7, 11) is 0. The highest BCUT2D eigenvalue weighted by molar-refractivity contribution is 5.56. The molecule has 1 aromatic carbocycles. The molecule has 15 heavy (non-hydrogen) atoms. The van der Waals surface area contributed by atoms with Gasteiger partial charge in [0, 0.05) is 18.8 Å². The minimum Gasteiger partial charge on any atom is -0.371 e. The fraction of sp³-hybridized carbons (Fsp3) is 0.571. The lowest BCUT2D eigenvalue weighted by Crippen LogP contribution is -2.19. The SMILES string of the molecule is Cc1ccc(N2CCCC2)c(C(C)C)c1. The maximum Gasteiger partial charge on any atom is 0.0401 e. The van der Waals surface area contributed by atoms with Crippen LogP contribution in [0.2, 0.25) is 0 Å².